The zero-order valence-corrected chi connectivity index (χ0v) is 10.9. The van der Waals surface area contributed by atoms with Crippen molar-refractivity contribution in [2.45, 2.75) is 13.8 Å². The van der Waals surface area contributed by atoms with Gasteiger partial charge in [0.05, 0.1) is 5.69 Å². The van der Waals surface area contributed by atoms with E-state index in [1.807, 2.05) is 31.2 Å². The molecular formula is C14H12ClN3. The first-order chi connectivity index (χ1) is 8.65. The van der Waals surface area contributed by atoms with Crippen molar-refractivity contribution in [3.8, 4) is 11.3 Å². The molecular weight excluding hydrogens is 246 g/mol. The molecule has 18 heavy (non-hydrogen) atoms. The predicted molar refractivity (Wildman–Crippen MR) is 72.9 cm³/mol. The van der Waals surface area contributed by atoms with Crippen LogP contribution in [-0.2, 0) is 0 Å². The van der Waals surface area contributed by atoms with Crippen LogP contribution in [0.2, 0.25) is 5.15 Å². The van der Waals surface area contributed by atoms with Gasteiger partial charge < -0.3 is 0 Å². The summed E-state index contributed by atoms with van der Waals surface area (Å²) in [5.41, 5.74) is 4.86. The van der Waals surface area contributed by atoms with Gasteiger partial charge in [-0.3, -0.25) is 0 Å². The molecule has 0 amide bonds. The first-order valence-electron chi connectivity index (χ1n) is 5.74. The van der Waals surface area contributed by atoms with Crippen LogP contribution in [0.4, 0.5) is 0 Å². The Bertz CT molecular complexity index is 731. The van der Waals surface area contributed by atoms with Crippen LogP contribution in [0.5, 0.6) is 0 Å². The molecule has 0 aliphatic rings. The number of nitrogens with zero attached hydrogens (tertiary/aromatic N) is 3. The first-order valence-corrected chi connectivity index (χ1v) is 6.12. The standard InChI is InChI=1S/C14H12ClN3/c1-9-5-3-4-6-11(9)12-8-14-16-10(2)7-13(15)18(14)17-12/h3-8H,1-2H3. The Morgan fingerprint density at radius 1 is 1.11 bits per heavy atom. The molecule has 4 heteroatoms. The molecule has 0 aliphatic heterocycles. The van der Waals surface area contributed by atoms with Gasteiger partial charge in [-0.1, -0.05) is 35.9 Å². The van der Waals surface area contributed by atoms with Crippen LogP contribution in [0.3, 0.4) is 0 Å². The van der Waals surface area contributed by atoms with Crippen LogP contribution < -0.4 is 0 Å². The quantitative estimate of drug-likeness (QED) is 0.623. The van der Waals surface area contributed by atoms with Gasteiger partial charge in [-0.25, -0.2) is 9.50 Å². The van der Waals surface area contributed by atoms with Gasteiger partial charge in [0, 0.05) is 17.3 Å². The number of rotatable bonds is 1. The minimum Gasteiger partial charge on any atom is -0.234 e. The average Bonchev–Trinajstić information content (AvgIpc) is 2.73. The molecule has 2 heterocycles. The van der Waals surface area contributed by atoms with Crippen molar-refractivity contribution in [1.82, 2.24) is 14.6 Å². The van der Waals surface area contributed by atoms with Crippen molar-refractivity contribution in [2.75, 3.05) is 0 Å². The van der Waals surface area contributed by atoms with Gasteiger partial charge in [0.2, 0.25) is 0 Å². The fourth-order valence-corrected chi connectivity index (χ4v) is 2.33. The third kappa shape index (κ3) is 1.77. The fourth-order valence-electron chi connectivity index (χ4n) is 2.05. The van der Waals surface area contributed by atoms with Crippen molar-refractivity contribution in [3.63, 3.8) is 0 Å². The molecule has 0 spiro atoms. The molecule has 3 rings (SSSR count). The SMILES string of the molecule is Cc1cc(Cl)n2nc(-c3ccccc3C)cc2n1. The van der Waals surface area contributed by atoms with Crippen LogP contribution in [0.25, 0.3) is 16.9 Å². The van der Waals surface area contributed by atoms with E-state index in [9.17, 15) is 0 Å². The summed E-state index contributed by atoms with van der Waals surface area (Å²) in [5, 5.41) is 5.09. The summed E-state index contributed by atoms with van der Waals surface area (Å²) in [6.45, 7) is 3.99. The number of benzene rings is 1. The second kappa shape index (κ2) is 4.10. The lowest BCUT2D eigenvalue weighted by Crippen LogP contribution is -1.93. The summed E-state index contributed by atoms with van der Waals surface area (Å²) in [7, 11) is 0. The van der Waals surface area contributed by atoms with Crippen molar-refractivity contribution in [3.05, 3.63) is 52.8 Å². The van der Waals surface area contributed by atoms with E-state index >= 15 is 0 Å². The molecule has 0 aliphatic carbocycles. The Hall–Kier alpha value is -1.87. The Labute approximate surface area is 110 Å². The Kier molecular flexibility index (Phi) is 2.56. The molecule has 2 aromatic heterocycles. The summed E-state index contributed by atoms with van der Waals surface area (Å²) >= 11 is 6.16. The largest absolute Gasteiger partial charge is 0.234 e. The Morgan fingerprint density at radius 2 is 1.89 bits per heavy atom. The van der Waals surface area contributed by atoms with Crippen molar-refractivity contribution in [2.24, 2.45) is 0 Å². The Morgan fingerprint density at radius 3 is 2.67 bits per heavy atom. The van der Waals surface area contributed by atoms with E-state index in [-0.39, 0.29) is 0 Å². The summed E-state index contributed by atoms with van der Waals surface area (Å²) in [6, 6.07) is 11.9. The van der Waals surface area contributed by atoms with E-state index in [0.29, 0.717) is 5.15 Å². The molecule has 0 fully saturated rings. The van der Waals surface area contributed by atoms with E-state index in [1.54, 1.807) is 4.52 Å². The van der Waals surface area contributed by atoms with Crippen LogP contribution in [-0.4, -0.2) is 14.6 Å². The summed E-state index contributed by atoms with van der Waals surface area (Å²) in [5.74, 6) is 0. The fraction of sp³-hybridized carbons (Fsp3) is 0.143. The second-order valence-corrected chi connectivity index (χ2v) is 4.72. The van der Waals surface area contributed by atoms with Crippen molar-refractivity contribution >= 4 is 17.2 Å². The van der Waals surface area contributed by atoms with E-state index in [4.69, 9.17) is 11.6 Å². The predicted octanol–water partition coefficient (Wildman–Crippen LogP) is 3.67. The van der Waals surface area contributed by atoms with E-state index < -0.39 is 0 Å². The van der Waals surface area contributed by atoms with Crippen LogP contribution in [0.15, 0.2) is 36.4 Å². The zero-order valence-electron chi connectivity index (χ0n) is 10.2. The lowest BCUT2D eigenvalue weighted by atomic mass is 10.1. The topological polar surface area (TPSA) is 30.2 Å². The maximum atomic E-state index is 6.16. The monoisotopic (exact) mass is 257 g/mol. The number of aryl methyl sites for hydroxylation is 2. The molecule has 0 unspecified atom stereocenters. The number of halogens is 1. The number of aromatic nitrogens is 3. The van der Waals surface area contributed by atoms with Crippen molar-refractivity contribution in [1.29, 1.82) is 0 Å². The highest BCUT2D eigenvalue weighted by Gasteiger charge is 2.09. The smallest absolute Gasteiger partial charge is 0.157 e. The molecule has 0 saturated carbocycles. The third-order valence-corrected chi connectivity index (χ3v) is 3.20. The summed E-state index contributed by atoms with van der Waals surface area (Å²) < 4.78 is 1.66. The molecule has 90 valence electrons. The maximum absolute atomic E-state index is 6.16. The van der Waals surface area contributed by atoms with E-state index in [0.717, 1.165) is 22.6 Å². The van der Waals surface area contributed by atoms with Crippen LogP contribution >= 0.6 is 11.6 Å². The summed E-state index contributed by atoms with van der Waals surface area (Å²) in [4.78, 5) is 4.43. The van der Waals surface area contributed by atoms with E-state index in [2.05, 4.69) is 29.1 Å². The lowest BCUT2D eigenvalue weighted by Gasteiger charge is -2.00. The van der Waals surface area contributed by atoms with Crippen LogP contribution in [0, 0.1) is 13.8 Å². The van der Waals surface area contributed by atoms with Gasteiger partial charge >= 0.3 is 0 Å². The minimum absolute atomic E-state index is 0.581. The van der Waals surface area contributed by atoms with Gasteiger partial charge in [0.25, 0.3) is 0 Å². The normalized spacial score (nSPS) is 11.1. The number of fused-ring (bicyclic) bond motifs is 1. The minimum atomic E-state index is 0.581. The lowest BCUT2D eigenvalue weighted by molar-refractivity contribution is 0.933. The third-order valence-electron chi connectivity index (χ3n) is 2.93. The molecule has 0 radical (unpaired) electrons. The number of hydrogen-bond donors (Lipinski definition) is 0. The zero-order chi connectivity index (χ0) is 12.7. The van der Waals surface area contributed by atoms with Gasteiger partial charge in [-0.05, 0) is 25.5 Å². The molecule has 0 atom stereocenters. The molecule has 1 aromatic carbocycles. The van der Waals surface area contributed by atoms with Gasteiger partial charge in [0.1, 0.15) is 5.15 Å². The van der Waals surface area contributed by atoms with Gasteiger partial charge in [-0.15, -0.1) is 0 Å². The van der Waals surface area contributed by atoms with Gasteiger partial charge in [0.15, 0.2) is 5.65 Å². The molecule has 0 saturated heterocycles. The number of hydrogen-bond acceptors (Lipinski definition) is 2. The highest BCUT2D eigenvalue weighted by molar-refractivity contribution is 6.29. The maximum Gasteiger partial charge on any atom is 0.157 e. The average molecular weight is 258 g/mol. The summed E-state index contributed by atoms with van der Waals surface area (Å²) in [6.07, 6.45) is 0. The molecule has 0 bridgehead atoms. The molecule has 3 nitrogen and oxygen atoms in total. The van der Waals surface area contributed by atoms with Crippen molar-refractivity contribution < 1.29 is 0 Å². The second-order valence-electron chi connectivity index (χ2n) is 4.33. The van der Waals surface area contributed by atoms with E-state index in [1.165, 1.54) is 5.56 Å². The highest BCUT2D eigenvalue weighted by Crippen LogP contribution is 2.24. The first kappa shape index (κ1) is 11.2. The molecule has 3 aromatic rings. The highest BCUT2D eigenvalue weighted by atomic mass is 35.5. The van der Waals surface area contributed by atoms with Gasteiger partial charge in [-0.2, -0.15) is 5.10 Å². The Balaban J connectivity index is 2.26. The molecule has 0 N–H and O–H groups in total. The van der Waals surface area contributed by atoms with Crippen LogP contribution in [0.1, 0.15) is 11.3 Å².